The van der Waals surface area contributed by atoms with Gasteiger partial charge in [-0.05, 0) is 30.7 Å². The summed E-state index contributed by atoms with van der Waals surface area (Å²) >= 11 is 0. The van der Waals surface area contributed by atoms with Crippen molar-refractivity contribution in [2.45, 2.75) is 19.8 Å². The molecule has 0 fully saturated rings. The number of halogens is 1. The normalized spacial score (nSPS) is 12.2. The predicted octanol–water partition coefficient (Wildman–Crippen LogP) is 2.16. The number of carbonyl (C=O) groups is 1. The maximum Gasteiger partial charge on any atom is 0.231 e. The molecule has 0 aliphatic heterocycles. The van der Waals surface area contributed by atoms with Gasteiger partial charge in [0, 0.05) is 19.3 Å². The van der Waals surface area contributed by atoms with Crippen LogP contribution in [0.15, 0.2) is 24.3 Å². The molecule has 4 heteroatoms. The van der Waals surface area contributed by atoms with Gasteiger partial charge in [-0.25, -0.2) is 4.39 Å². The van der Waals surface area contributed by atoms with Gasteiger partial charge in [-0.3, -0.25) is 4.79 Å². The Morgan fingerprint density at radius 3 is 2.47 bits per heavy atom. The first-order valence-corrected chi connectivity index (χ1v) is 5.83. The molecule has 3 nitrogen and oxygen atoms in total. The van der Waals surface area contributed by atoms with Crippen molar-refractivity contribution in [2.24, 2.45) is 11.7 Å². The van der Waals surface area contributed by atoms with Crippen LogP contribution in [0.4, 0.5) is 10.1 Å². The number of anilines is 1. The smallest absolute Gasteiger partial charge is 0.231 e. The summed E-state index contributed by atoms with van der Waals surface area (Å²) < 4.78 is 12.8. The van der Waals surface area contributed by atoms with Crippen LogP contribution in [0, 0.1) is 11.7 Å². The maximum atomic E-state index is 12.8. The highest BCUT2D eigenvalue weighted by atomic mass is 19.1. The Labute approximate surface area is 101 Å². The Balaban J connectivity index is 2.77. The Hall–Kier alpha value is -1.42. The van der Waals surface area contributed by atoms with Crippen molar-refractivity contribution < 1.29 is 9.18 Å². The number of benzene rings is 1. The largest absolute Gasteiger partial charge is 0.330 e. The predicted molar refractivity (Wildman–Crippen MR) is 67.3 cm³/mol. The minimum Gasteiger partial charge on any atom is -0.330 e. The van der Waals surface area contributed by atoms with Crippen LogP contribution < -0.4 is 10.6 Å². The van der Waals surface area contributed by atoms with Crippen LogP contribution in [0.2, 0.25) is 0 Å². The molecule has 0 heterocycles. The van der Waals surface area contributed by atoms with E-state index in [0.29, 0.717) is 12.2 Å². The van der Waals surface area contributed by atoms with Gasteiger partial charge in [-0.15, -0.1) is 0 Å². The van der Waals surface area contributed by atoms with Gasteiger partial charge < -0.3 is 10.6 Å². The second kappa shape index (κ2) is 6.35. The monoisotopic (exact) mass is 238 g/mol. The van der Waals surface area contributed by atoms with Gasteiger partial charge in [0.15, 0.2) is 0 Å². The summed E-state index contributed by atoms with van der Waals surface area (Å²) in [5.41, 5.74) is 6.28. The second-order valence-corrected chi connectivity index (χ2v) is 4.09. The minimum absolute atomic E-state index is 0.0130. The molecule has 94 valence electrons. The third-order valence-electron chi connectivity index (χ3n) is 2.82. The Kier molecular flexibility index (Phi) is 5.10. The standard InChI is InChI=1S/C13H19FN2O/c1-3-4-10(9-15)13(17)16(2)12-7-5-11(14)6-8-12/h5-8,10H,3-4,9,15H2,1-2H3. The molecule has 0 aliphatic rings. The maximum absolute atomic E-state index is 12.8. The van der Waals surface area contributed by atoms with Gasteiger partial charge in [0.2, 0.25) is 5.91 Å². The van der Waals surface area contributed by atoms with Crippen molar-refractivity contribution in [2.75, 3.05) is 18.5 Å². The molecule has 0 spiro atoms. The van der Waals surface area contributed by atoms with Crippen molar-refractivity contribution >= 4 is 11.6 Å². The summed E-state index contributed by atoms with van der Waals surface area (Å²) in [7, 11) is 1.69. The lowest BCUT2D eigenvalue weighted by atomic mass is 10.0. The van der Waals surface area contributed by atoms with Crippen LogP contribution in [-0.2, 0) is 4.79 Å². The zero-order valence-electron chi connectivity index (χ0n) is 10.3. The molecular formula is C13H19FN2O. The number of amides is 1. The van der Waals surface area contributed by atoms with E-state index >= 15 is 0 Å². The number of hydrogen-bond donors (Lipinski definition) is 1. The summed E-state index contributed by atoms with van der Waals surface area (Å²) in [5.74, 6) is -0.477. The van der Waals surface area contributed by atoms with E-state index in [1.807, 2.05) is 6.92 Å². The van der Waals surface area contributed by atoms with Crippen LogP contribution in [-0.4, -0.2) is 19.5 Å². The Bertz CT molecular complexity index is 364. The molecule has 2 N–H and O–H groups in total. The van der Waals surface area contributed by atoms with Crippen molar-refractivity contribution in [1.82, 2.24) is 0 Å². The average Bonchev–Trinajstić information content (AvgIpc) is 2.35. The molecule has 1 aromatic carbocycles. The van der Waals surface area contributed by atoms with Gasteiger partial charge in [0.25, 0.3) is 0 Å². The summed E-state index contributed by atoms with van der Waals surface area (Å²) in [6, 6.07) is 5.87. The molecule has 1 aromatic rings. The fraction of sp³-hybridized carbons (Fsp3) is 0.462. The minimum atomic E-state index is -0.307. The third-order valence-corrected chi connectivity index (χ3v) is 2.82. The lowest BCUT2D eigenvalue weighted by Gasteiger charge is -2.22. The summed E-state index contributed by atoms with van der Waals surface area (Å²) in [4.78, 5) is 13.6. The topological polar surface area (TPSA) is 46.3 Å². The van der Waals surface area contributed by atoms with E-state index in [1.165, 1.54) is 17.0 Å². The average molecular weight is 238 g/mol. The van der Waals surface area contributed by atoms with E-state index in [0.717, 1.165) is 12.8 Å². The molecule has 0 aliphatic carbocycles. The molecule has 1 atom stereocenters. The van der Waals surface area contributed by atoms with E-state index in [1.54, 1.807) is 19.2 Å². The second-order valence-electron chi connectivity index (χ2n) is 4.09. The highest BCUT2D eigenvalue weighted by Gasteiger charge is 2.20. The zero-order chi connectivity index (χ0) is 12.8. The number of rotatable bonds is 5. The first-order valence-electron chi connectivity index (χ1n) is 5.83. The zero-order valence-corrected chi connectivity index (χ0v) is 10.3. The van der Waals surface area contributed by atoms with Crippen LogP contribution in [0.3, 0.4) is 0 Å². The van der Waals surface area contributed by atoms with E-state index in [2.05, 4.69) is 0 Å². The summed E-state index contributed by atoms with van der Waals surface area (Å²) in [5, 5.41) is 0. The van der Waals surface area contributed by atoms with Crippen LogP contribution >= 0.6 is 0 Å². The lowest BCUT2D eigenvalue weighted by Crippen LogP contribution is -2.36. The van der Waals surface area contributed by atoms with E-state index in [4.69, 9.17) is 5.73 Å². The van der Waals surface area contributed by atoms with Crippen LogP contribution in [0.1, 0.15) is 19.8 Å². The van der Waals surface area contributed by atoms with Crippen molar-refractivity contribution in [3.63, 3.8) is 0 Å². The van der Waals surface area contributed by atoms with Gasteiger partial charge >= 0.3 is 0 Å². The first-order chi connectivity index (χ1) is 8.10. The number of hydrogen-bond acceptors (Lipinski definition) is 2. The van der Waals surface area contributed by atoms with Crippen molar-refractivity contribution in [1.29, 1.82) is 0 Å². The molecule has 0 saturated carbocycles. The van der Waals surface area contributed by atoms with Gasteiger partial charge in [0.05, 0.1) is 5.92 Å². The van der Waals surface area contributed by atoms with E-state index < -0.39 is 0 Å². The van der Waals surface area contributed by atoms with Crippen molar-refractivity contribution in [3.05, 3.63) is 30.1 Å². The fourth-order valence-corrected chi connectivity index (χ4v) is 1.76. The lowest BCUT2D eigenvalue weighted by molar-refractivity contribution is -0.122. The molecule has 1 amide bonds. The Morgan fingerprint density at radius 1 is 1.41 bits per heavy atom. The van der Waals surface area contributed by atoms with E-state index in [9.17, 15) is 9.18 Å². The third kappa shape index (κ3) is 3.53. The molecule has 0 radical (unpaired) electrons. The Morgan fingerprint density at radius 2 is 2.00 bits per heavy atom. The van der Waals surface area contributed by atoms with Gasteiger partial charge in [0.1, 0.15) is 5.82 Å². The first kappa shape index (κ1) is 13.6. The molecule has 0 saturated heterocycles. The number of nitrogens with two attached hydrogens (primary N) is 1. The highest BCUT2D eigenvalue weighted by molar-refractivity contribution is 5.94. The molecule has 0 bridgehead atoms. The number of nitrogens with zero attached hydrogens (tertiary/aromatic N) is 1. The summed E-state index contributed by atoms with van der Waals surface area (Å²) in [6.07, 6.45) is 1.70. The van der Waals surface area contributed by atoms with Gasteiger partial charge in [-0.1, -0.05) is 13.3 Å². The summed E-state index contributed by atoms with van der Waals surface area (Å²) in [6.45, 7) is 2.37. The SMILES string of the molecule is CCCC(CN)C(=O)N(C)c1ccc(F)cc1. The molecule has 1 unspecified atom stereocenters. The quantitative estimate of drug-likeness (QED) is 0.854. The van der Waals surface area contributed by atoms with Crippen LogP contribution in [0.5, 0.6) is 0 Å². The fourth-order valence-electron chi connectivity index (χ4n) is 1.76. The molecule has 17 heavy (non-hydrogen) atoms. The number of carbonyl (C=O) groups excluding carboxylic acids is 1. The molecular weight excluding hydrogens is 219 g/mol. The molecule has 1 rings (SSSR count). The van der Waals surface area contributed by atoms with Crippen LogP contribution in [0.25, 0.3) is 0 Å². The van der Waals surface area contributed by atoms with Gasteiger partial charge in [-0.2, -0.15) is 0 Å². The highest BCUT2D eigenvalue weighted by Crippen LogP contribution is 2.17. The van der Waals surface area contributed by atoms with Crippen molar-refractivity contribution in [3.8, 4) is 0 Å². The molecule has 0 aromatic heterocycles. The van der Waals surface area contributed by atoms with E-state index in [-0.39, 0.29) is 17.6 Å².